The van der Waals surface area contributed by atoms with Crippen molar-refractivity contribution in [2.45, 2.75) is 51.1 Å². The maximum absolute atomic E-state index is 11.9. The van der Waals surface area contributed by atoms with Crippen LogP contribution in [0.15, 0.2) is 0 Å². The quantitative estimate of drug-likeness (QED) is 0.716. The molecule has 0 aromatic carbocycles. The molecule has 2 aliphatic heterocycles. The highest BCUT2D eigenvalue weighted by Crippen LogP contribution is 2.31. The third kappa shape index (κ3) is 3.81. The number of carbonyl (C=O) groups excluding carboxylic acids is 1. The van der Waals surface area contributed by atoms with Crippen LogP contribution in [0, 0.1) is 0 Å². The summed E-state index contributed by atoms with van der Waals surface area (Å²) in [5.74, 6) is -0.627. The monoisotopic (exact) mass is 273 g/mol. The second-order valence-electron chi connectivity index (χ2n) is 6.15. The van der Waals surface area contributed by atoms with Crippen molar-refractivity contribution in [2.75, 3.05) is 26.3 Å². The number of aliphatic hydroxyl groups excluding tert-OH is 1. The number of aliphatic hydroxyl groups is 1. The van der Waals surface area contributed by atoms with Gasteiger partial charge in [-0.2, -0.15) is 0 Å². The van der Waals surface area contributed by atoms with Gasteiger partial charge >= 0.3 is 6.09 Å². The minimum atomic E-state index is -0.627. The highest BCUT2D eigenvalue weighted by Gasteiger charge is 2.41. The summed E-state index contributed by atoms with van der Waals surface area (Å²) >= 11 is 0. The van der Waals surface area contributed by atoms with Gasteiger partial charge in [0.25, 0.3) is 0 Å². The van der Waals surface area contributed by atoms with E-state index in [2.05, 4.69) is 0 Å². The topological polar surface area (TPSA) is 68.2 Å². The molecule has 6 heteroatoms. The number of hydrogen-bond donors (Lipinski definition) is 1. The first kappa shape index (κ1) is 14.6. The Balaban J connectivity index is 1.84. The lowest BCUT2D eigenvalue weighted by molar-refractivity contribution is -0.305. The van der Waals surface area contributed by atoms with Crippen LogP contribution in [-0.4, -0.2) is 59.9 Å². The Labute approximate surface area is 113 Å². The Morgan fingerprint density at radius 3 is 2.26 bits per heavy atom. The van der Waals surface area contributed by atoms with E-state index in [1.54, 1.807) is 4.90 Å². The summed E-state index contributed by atoms with van der Waals surface area (Å²) < 4.78 is 16.5. The van der Waals surface area contributed by atoms with Gasteiger partial charge in [0.1, 0.15) is 11.7 Å². The molecule has 1 amide bonds. The first-order valence-corrected chi connectivity index (χ1v) is 6.74. The van der Waals surface area contributed by atoms with Crippen molar-refractivity contribution in [1.29, 1.82) is 0 Å². The molecule has 0 atom stereocenters. The largest absolute Gasteiger partial charge is 0.444 e. The summed E-state index contributed by atoms with van der Waals surface area (Å²) in [6.07, 6.45) is 0.380. The Morgan fingerprint density at radius 1 is 1.26 bits per heavy atom. The SMILES string of the molecule is CC(C)(C)OC(=O)N1CCC2(CC1)OCC(O)CO2. The van der Waals surface area contributed by atoms with Crippen LogP contribution in [0.5, 0.6) is 0 Å². The third-order valence-corrected chi connectivity index (χ3v) is 3.25. The number of likely N-dealkylation sites (tertiary alicyclic amines) is 1. The van der Waals surface area contributed by atoms with Gasteiger partial charge < -0.3 is 24.2 Å². The molecule has 0 unspecified atom stereocenters. The zero-order valence-corrected chi connectivity index (χ0v) is 11.8. The Bertz CT molecular complexity index is 320. The Hall–Kier alpha value is -0.850. The van der Waals surface area contributed by atoms with E-state index in [4.69, 9.17) is 14.2 Å². The molecular weight excluding hydrogens is 250 g/mol. The summed E-state index contributed by atoms with van der Waals surface area (Å²) in [5.41, 5.74) is -0.478. The number of amides is 1. The van der Waals surface area contributed by atoms with Crippen molar-refractivity contribution in [3.05, 3.63) is 0 Å². The lowest BCUT2D eigenvalue weighted by Crippen LogP contribution is -2.54. The van der Waals surface area contributed by atoms with Gasteiger partial charge in [-0.25, -0.2) is 4.79 Å². The van der Waals surface area contributed by atoms with Crippen molar-refractivity contribution in [3.8, 4) is 0 Å². The number of ether oxygens (including phenoxy) is 3. The average molecular weight is 273 g/mol. The standard InChI is InChI=1S/C13H23NO5/c1-12(2,3)19-11(16)14-6-4-13(5-7-14)17-8-10(15)9-18-13/h10,15H,4-9H2,1-3H3. The van der Waals surface area contributed by atoms with Gasteiger partial charge in [0, 0.05) is 25.9 Å². The van der Waals surface area contributed by atoms with Crippen LogP contribution in [0.25, 0.3) is 0 Å². The van der Waals surface area contributed by atoms with Gasteiger partial charge in [0.05, 0.1) is 13.2 Å². The highest BCUT2D eigenvalue weighted by atomic mass is 16.7. The van der Waals surface area contributed by atoms with Crippen LogP contribution < -0.4 is 0 Å². The molecule has 1 spiro atoms. The zero-order chi connectivity index (χ0) is 14.1. The minimum absolute atomic E-state index is 0.293. The second-order valence-corrected chi connectivity index (χ2v) is 6.15. The fraction of sp³-hybridized carbons (Fsp3) is 0.923. The van der Waals surface area contributed by atoms with Gasteiger partial charge in [0.15, 0.2) is 5.79 Å². The molecule has 2 saturated heterocycles. The second kappa shape index (κ2) is 5.26. The van der Waals surface area contributed by atoms with Crippen molar-refractivity contribution in [2.24, 2.45) is 0 Å². The molecule has 19 heavy (non-hydrogen) atoms. The smallest absolute Gasteiger partial charge is 0.410 e. The summed E-state index contributed by atoms with van der Waals surface area (Å²) in [6, 6.07) is 0. The zero-order valence-electron chi connectivity index (χ0n) is 11.8. The van der Waals surface area contributed by atoms with Crippen LogP contribution in [0.2, 0.25) is 0 Å². The first-order chi connectivity index (χ1) is 8.80. The molecule has 2 fully saturated rings. The molecule has 2 aliphatic rings. The van der Waals surface area contributed by atoms with Gasteiger partial charge in [0.2, 0.25) is 0 Å². The molecule has 0 saturated carbocycles. The predicted molar refractivity (Wildman–Crippen MR) is 67.7 cm³/mol. The fourth-order valence-electron chi connectivity index (χ4n) is 2.23. The highest BCUT2D eigenvalue weighted by molar-refractivity contribution is 5.68. The molecule has 0 radical (unpaired) electrons. The van der Waals surface area contributed by atoms with Crippen LogP contribution in [-0.2, 0) is 14.2 Å². The first-order valence-electron chi connectivity index (χ1n) is 6.74. The van der Waals surface area contributed by atoms with Gasteiger partial charge in [-0.3, -0.25) is 0 Å². The van der Waals surface area contributed by atoms with Crippen molar-refractivity contribution >= 4 is 6.09 Å². The van der Waals surface area contributed by atoms with E-state index in [1.807, 2.05) is 20.8 Å². The Kier molecular flexibility index (Phi) is 4.03. The van der Waals surface area contributed by atoms with Gasteiger partial charge in [-0.05, 0) is 20.8 Å². The van der Waals surface area contributed by atoms with Crippen LogP contribution in [0.4, 0.5) is 4.79 Å². The normalized spacial score (nSPS) is 24.5. The lowest BCUT2D eigenvalue weighted by atomic mass is 10.0. The van der Waals surface area contributed by atoms with E-state index < -0.39 is 17.5 Å². The van der Waals surface area contributed by atoms with Crippen LogP contribution >= 0.6 is 0 Å². The number of nitrogens with zero attached hydrogens (tertiary/aromatic N) is 1. The van der Waals surface area contributed by atoms with E-state index in [0.717, 1.165) is 0 Å². The number of piperidine rings is 1. The molecule has 2 heterocycles. The van der Waals surface area contributed by atoms with E-state index in [-0.39, 0.29) is 6.09 Å². The summed E-state index contributed by atoms with van der Waals surface area (Å²) in [7, 11) is 0. The van der Waals surface area contributed by atoms with E-state index in [9.17, 15) is 9.90 Å². The summed E-state index contributed by atoms with van der Waals surface area (Å²) in [6.45, 7) is 7.25. The molecule has 110 valence electrons. The fourth-order valence-corrected chi connectivity index (χ4v) is 2.23. The van der Waals surface area contributed by atoms with Crippen LogP contribution in [0.1, 0.15) is 33.6 Å². The van der Waals surface area contributed by atoms with Crippen LogP contribution in [0.3, 0.4) is 0 Å². The third-order valence-electron chi connectivity index (χ3n) is 3.25. The maximum Gasteiger partial charge on any atom is 0.410 e. The molecule has 2 rings (SSSR count). The molecule has 0 aliphatic carbocycles. The van der Waals surface area contributed by atoms with E-state index in [0.29, 0.717) is 39.1 Å². The number of carbonyl (C=O) groups is 1. The maximum atomic E-state index is 11.9. The molecule has 6 nitrogen and oxygen atoms in total. The molecule has 0 bridgehead atoms. The summed E-state index contributed by atoms with van der Waals surface area (Å²) in [5, 5.41) is 9.36. The minimum Gasteiger partial charge on any atom is -0.444 e. The molecular formula is C13H23NO5. The van der Waals surface area contributed by atoms with Crippen molar-refractivity contribution in [1.82, 2.24) is 4.90 Å². The van der Waals surface area contributed by atoms with E-state index >= 15 is 0 Å². The average Bonchev–Trinajstić information content (AvgIpc) is 2.32. The van der Waals surface area contributed by atoms with Gasteiger partial charge in [-0.1, -0.05) is 0 Å². The predicted octanol–water partition coefficient (Wildman–Crippen LogP) is 1.12. The Morgan fingerprint density at radius 2 is 1.79 bits per heavy atom. The van der Waals surface area contributed by atoms with Crippen molar-refractivity contribution < 1.29 is 24.1 Å². The van der Waals surface area contributed by atoms with E-state index in [1.165, 1.54) is 0 Å². The molecule has 0 aromatic heterocycles. The molecule has 1 N–H and O–H groups in total. The van der Waals surface area contributed by atoms with Gasteiger partial charge in [-0.15, -0.1) is 0 Å². The molecule has 0 aromatic rings. The number of rotatable bonds is 0. The lowest BCUT2D eigenvalue weighted by Gasteiger charge is -2.44. The number of hydrogen-bond acceptors (Lipinski definition) is 5. The van der Waals surface area contributed by atoms with Crippen molar-refractivity contribution in [3.63, 3.8) is 0 Å². The summed E-state index contributed by atoms with van der Waals surface area (Å²) in [4.78, 5) is 13.6.